The van der Waals surface area contributed by atoms with Gasteiger partial charge in [0.1, 0.15) is 0 Å². The zero-order valence-corrected chi connectivity index (χ0v) is 8.36. The van der Waals surface area contributed by atoms with Crippen LogP contribution in [0.15, 0.2) is 18.3 Å². The molecule has 0 fully saturated rings. The average Bonchev–Trinajstić information content (AvgIpc) is 2.25. The van der Waals surface area contributed by atoms with E-state index in [2.05, 4.69) is 10.3 Å². The van der Waals surface area contributed by atoms with Crippen LogP contribution in [0.4, 0.5) is 0 Å². The number of methoxy groups -OCH3 is 1. The van der Waals surface area contributed by atoms with Gasteiger partial charge in [0.15, 0.2) is 0 Å². The van der Waals surface area contributed by atoms with E-state index in [0.717, 1.165) is 25.1 Å². The molecule has 0 saturated carbocycles. The monoisotopic (exact) mass is 196 g/mol. The Morgan fingerprint density at radius 3 is 3.14 bits per heavy atom. The van der Waals surface area contributed by atoms with Crippen LogP contribution in [0, 0.1) is 0 Å². The molecule has 2 N–H and O–H groups in total. The van der Waals surface area contributed by atoms with E-state index in [-0.39, 0.29) is 6.61 Å². The Kier molecular flexibility index (Phi) is 4.96. The number of nitrogens with zero attached hydrogens (tertiary/aromatic N) is 1. The number of pyridine rings is 1. The van der Waals surface area contributed by atoms with Crippen molar-refractivity contribution in [3.63, 3.8) is 0 Å². The minimum atomic E-state index is 0.229. The van der Waals surface area contributed by atoms with Crippen LogP contribution < -0.4 is 10.1 Å². The van der Waals surface area contributed by atoms with Gasteiger partial charge in [0.2, 0.25) is 5.88 Å². The molecule has 1 rings (SSSR count). The number of ether oxygens (including phenoxy) is 1. The van der Waals surface area contributed by atoms with Gasteiger partial charge in [-0.2, -0.15) is 0 Å². The molecule has 4 heteroatoms. The SMILES string of the molecule is COc1cc(CNCCCO)ccn1. The van der Waals surface area contributed by atoms with Gasteiger partial charge in [-0.25, -0.2) is 4.98 Å². The first-order valence-electron chi connectivity index (χ1n) is 4.67. The summed E-state index contributed by atoms with van der Waals surface area (Å²) in [4.78, 5) is 4.01. The molecule has 1 aromatic rings. The molecule has 0 unspecified atom stereocenters. The normalized spacial score (nSPS) is 10.1. The van der Waals surface area contributed by atoms with Crippen molar-refractivity contribution in [1.29, 1.82) is 0 Å². The number of nitrogens with one attached hydrogen (secondary N) is 1. The van der Waals surface area contributed by atoms with E-state index < -0.39 is 0 Å². The highest BCUT2D eigenvalue weighted by atomic mass is 16.5. The van der Waals surface area contributed by atoms with Crippen molar-refractivity contribution in [2.45, 2.75) is 13.0 Å². The fourth-order valence-corrected chi connectivity index (χ4v) is 1.11. The van der Waals surface area contributed by atoms with Crippen molar-refractivity contribution in [1.82, 2.24) is 10.3 Å². The molecule has 1 aromatic heterocycles. The number of aromatic nitrogens is 1. The van der Waals surface area contributed by atoms with Gasteiger partial charge in [-0.15, -0.1) is 0 Å². The lowest BCUT2D eigenvalue weighted by Crippen LogP contribution is -2.15. The predicted octanol–water partition coefficient (Wildman–Crippen LogP) is 0.562. The molecule has 0 aromatic carbocycles. The van der Waals surface area contributed by atoms with Gasteiger partial charge in [0.05, 0.1) is 7.11 Å². The molecule has 0 aliphatic rings. The Hall–Kier alpha value is -1.13. The summed E-state index contributed by atoms with van der Waals surface area (Å²) in [7, 11) is 1.60. The highest BCUT2D eigenvalue weighted by Gasteiger charge is 1.95. The molecule has 4 nitrogen and oxygen atoms in total. The van der Waals surface area contributed by atoms with Gasteiger partial charge in [-0.1, -0.05) is 0 Å². The van der Waals surface area contributed by atoms with E-state index in [0.29, 0.717) is 5.88 Å². The van der Waals surface area contributed by atoms with Gasteiger partial charge < -0.3 is 15.2 Å². The molecule has 0 spiro atoms. The zero-order valence-electron chi connectivity index (χ0n) is 8.36. The third-order valence-corrected chi connectivity index (χ3v) is 1.85. The number of aliphatic hydroxyl groups is 1. The summed E-state index contributed by atoms with van der Waals surface area (Å²) in [5, 5.41) is 11.8. The van der Waals surface area contributed by atoms with E-state index in [9.17, 15) is 0 Å². The van der Waals surface area contributed by atoms with Gasteiger partial charge in [0, 0.05) is 25.4 Å². The molecule has 78 valence electrons. The molecular weight excluding hydrogens is 180 g/mol. The molecule has 0 saturated heterocycles. The fraction of sp³-hybridized carbons (Fsp3) is 0.500. The first-order valence-corrected chi connectivity index (χ1v) is 4.67. The van der Waals surface area contributed by atoms with Crippen molar-refractivity contribution < 1.29 is 9.84 Å². The topological polar surface area (TPSA) is 54.4 Å². The van der Waals surface area contributed by atoms with Gasteiger partial charge in [0.25, 0.3) is 0 Å². The quantitative estimate of drug-likeness (QED) is 0.653. The van der Waals surface area contributed by atoms with Crippen molar-refractivity contribution in [3.8, 4) is 5.88 Å². The molecule has 0 radical (unpaired) electrons. The number of aliphatic hydroxyl groups excluding tert-OH is 1. The van der Waals surface area contributed by atoms with E-state index in [1.165, 1.54) is 0 Å². The third-order valence-electron chi connectivity index (χ3n) is 1.85. The molecule has 0 amide bonds. The highest BCUT2D eigenvalue weighted by Crippen LogP contribution is 2.07. The Labute approximate surface area is 83.9 Å². The van der Waals surface area contributed by atoms with Crippen LogP contribution in [-0.2, 0) is 6.54 Å². The Bertz CT molecular complexity index is 266. The zero-order chi connectivity index (χ0) is 10.2. The van der Waals surface area contributed by atoms with E-state index in [4.69, 9.17) is 9.84 Å². The summed E-state index contributed by atoms with van der Waals surface area (Å²) in [6.45, 7) is 1.83. The molecule has 0 aliphatic carbocycles. The summed E-state index contributed by atoms with van der Waals surface area (Å²) in [6.07, 6.45) is 2.50. The number of hydrogen-bond donors (Lipinski definition) is 2. The van der Waals surface area contributed by atoms with Crippen molar-refractivity contribution in [3.05, 3.63) is 23.9 Å². The summed E-state index contributed by atoms with van der Waals surface area (Å²) in [5.74, 6) is 0.631. The van der Waals surface area contributed by atoms with Gasteiger partial charge in [-0.3, -0.25) is 0 Å². The molecule has 14 heavy (non-hydrogen) atoms. The van der Waals surface area contributed by atoms with E-state index >= 15 is 0 Å². The summed E-state index contributed by atoms with van der Waals surface area (Å²) in [5.41, 5.74) is 1.13. The van der Waals surface area contributed by atoms with Gasteiger partial charge >= 0.3 is 0 Å². The lowest BCUT2D eigenvalue weighted by molar-refractivity contribution is 0.286. The second-order valence-electron chi connectivity index (χ2n) is 2.96. The number of hydrogen-bond acceptors (Lipinski definition) is 4. The first kappa shape index (κ1) is 10.9. The van der Waals surface area contributed by atoms with Crippen LogP contribution in [0.2, 0.25) is 0 Å². The lowest BCUT2D eigenvalue weighted by atomic mass is 10.2. The molecule has 1 heterocycles. The molecule has 0 aliphatic heterocycles. The molecule has 0 bridgehead atoms. The maximum absolute atomic E-state index is 8.58. The predicted molar refractivity (Wildman–Crippen MR) is 54.2 cm³/mol. The molecular formula is C10H16N2O2. The second-order valence-corrected chi connectivity index (χ2v) is 2.96. The smallest absolute Gasteiger partial charge is 0.213 e. The molecule has 0 atom stereocenters. The van der Waals surface area contributed by atoms with Crippen molar-refractivity contribution in [2.75, 3.05) is 20.3 Å². The Morgan fingerprint density at radius 2 is 2.43 bits per heavy atom. The highest BCUT2D eigenvalue weighted by molar-refractivity contribution is 5.20. The van der Waals surface area contributed by atoms with Crippen LogP contribution in [0.5, 0.6) is 5.88 Å². The van der Waals surface area contributed by atoms with Crippen molar-refractivity contribution >= 4 is 0 Å². The largest absolute Gasteiger partial charge is 0.481 e. The van der Waals surface area contributed by atoms with Crippen LogP contribution in [0.3, 0.4) is 0 Å². The maximum atomic E-state index is 8.58. The second kappa shape index (κ2) is 6.34. The minimum absolute atomic E-state index is 0.229. The first-order chi connectivity index (χ1) is 6.86. The number of rotatable bonds is 6. The van der Waals surface area contributed by atoms with Crippen molar-refractivity contribution in [2.24, 2.45) is 0 Å². The maximum Gasteiger partial charge on any atom is 0.213 e. The van der Waals surface area contributed by atoms with E-state index in [1.807, 2.05) is 12.1 Å². The standard InChI is InChI=1S/C10H16N2O2/c1-14-10-7-9(3-5-12-10)8-11-4-2-6-13/h3,5,7,11,13H,2,4,6,8H2,1H3. The average molecular weight is 196 g/mol. The summed E-state index contributed by atoms with van der Waals surface area (Å²) in [6, 6.07) is 3.83. The third kappa shape index (κ3) is 3.72. The van der Waals surface area contributed by atoms with Crippen LogP contribution in [0.1, 0.15) is 12.0 Å². The summed E-state index contributed by atoms with van der Waals surface area (Å²) < 4.78 is 5.00. The lowest BCUT2D eigenvalue weighted by Gasteiger charge is -2.04. The summed E-state index contributed by atoms with van der Waals surface area (Å²) >= 11 is 0. The minimum Gasteiger partial charge on any atom is -0.481 e. The van der Waals surface area contributed by atoms with Crippen LogP contribution >= 0.6 is 0 Å². The fourth-order valence-electron chi connectivity index (χ4n) is 1.11. The van der Waals surface area contributed by atoms with E-state index in [1.54, 1.807) is 13.3 Å². The van der Waals surface area contributed by atoms with Crippen LogP contribution in [-0.4, -0.2) is 30.4 Å². The van der Waals surface area contributed by atoms with Crippen LogP contribution in [0.25, 0.3) is 0 Å². The van der Waals surface area contributed by atoms with Gasteiger partial charge in [-0.05, 0) is 24.6 Å². The Morgan fingerprint density at radius 1 is 1.57 bits per heavy atom. The Balaban J connectivity index is 2.34.